The Balaban J connectivity index is 2.58. The lowest BCUT2D eigenvalue weighted by molar-refractivity contribution is 0.0926. The Labute approximate surface area is 89.6 Å². The predicted octanol–water partition coefficient (Wildman–Crippen LogP) is 0.277. The van der Waals surface area contributed by atoms with Crippen LogP contribution in [-0.2, 0) is 7.05 Å². The van der Waals surface area contributed by atoms with Gasteiger partial charge in [-0.1, -0.05) is 13.3 Å². The van der Waals surface area contributed by atoms with Crippen LogP contribution in [0, 0.1) is 0 Å². The summed E-state index contributed by atoms with van der Waals surface area (Å²) in [6, 6.07) is 1.74. The van der Waals surface area contributed by atoms with Crippen LogP contribution in [0.15, 0.2) is 12.3 Å². The third-order valence-electron chi connectivity index (χ3n) is 2.31. The predicted molar refractivity (Wildman–Crippen MR) is 58.4 cm³/mol. The maximum atomic E-state index is 11.7. The van der Waals surface area contributed by atoms with Gasteiger partial charge < -0.3 is 11.1 Å². The van der Waals surface area contributed by atoms with E-state index in [1.165, 1.54) is 0 Å². The van der Waals surface area contributed by atoms with Gasteiger partial charge in [-0.2, -0.15) is 5.10 Å². The monoisotopic (exact) mass is 210 g/mol. The highest BCUT2D eigenvalue weighted by Crippen LogP contribution is 1.99. The Bertz CT molecular complexity index is 321. The van der Waals surface area contributed by atoms with Crippen molar-refractivity contribution >= 4 is 5.91 Å². The zero-order chi connectivity index (χ0) is 11.3. The van der Waals surface area contributed by atoms with Gasteiger partial charge >= 0.3 is 0 Å². The summed E-state index contributed by atoms with van der Waals surface area (Å²) in [6.07, 6.45) is 3.51. The molecular weight excluding hydrogens is 192 g/mol. The number of rotatable bonds is 5. The molecule has 0 radical (unpaired) electrons. The summed E-state index contributed by atoms with van der Waals surface area (Å²) in [5.74, 6) is -0.112. The van der Waals surface area contributed by atoms with E-state index in [1.807, 2.05) is 0 Å². The van der Waals surface area contributed by atoms with Crippen molar-refractivity contribution in [3.05, 3.63) is 18.0 Å². The number of aromatic nitrogens is 2. The average molecular weight is 210 g/mol. The number of aryl methyl sites for hydroxylation is 1. The van der Waals surface area contributed by atoms with Crippen molar-refractivity contribution in [2.24, 2.45) is 12.8 Å². The van der Waals surface area contributed by atoms with Crippen molar-refractivity contribution in [2.45, 2.75) is 25.8 Å². The summed E-state index contributed by atoms with van der Waals surface area (Å²) >= 11 is 0. The fourth-order valence-electron chi connectivity index (χ4n) is 1.45. The van der Waals surface area contributed by atoms with Gasteiger partial charge in [0.25, 0.3) is 5.91 Å². The topological polar surface area (TPSA) is 72.9 Å². The van der Waals surface area contributed by atoms with Gasteiger partial charge in [0.05, 0.1) is 0 Å². The van der Waals surface area contributed by atoms with Crippen LogP contribution in [0.1, 0.15) is 30.3 Å². The molecule has 0 bridgehead atoms. The molecule has 0 aliphatic rings. The molecule has 5 nitrogen and oxygen atoms in total. The molecule has 0 fully saturated rings. The van der Waals surface area contributed by atoms with Gasteiger partial charge in [0, 0.05) is 25.8 Å². The third-order valence-corrected chi connectivity index (χ3v) is 2.31. The SMILES string of the molecule is CCCC(CN)NC(=O)c1ccnn1C. The average Bonchev–Trinajstić information content (AvgIpc) is 2.63. The summed E-state index contributed by atoms with van der Waals surface area (Å²) in [6.45, 7) is 2.54. The molecule has 1 amide bonds. The highest BCUT2D eigenvalue weighted by Gasteiger charge is 2.13. The standard InChI is InChI=1S/C10H18N4O/c1-3-4-8(7-11)13-10(15)9-5-6-12-14(9)2/h5-6,8H,3-4,7,11H2,1-2H3,(H,13,15). The van der Waals surface area contributed by atoms with Crippen LogP contribution in [0.5, 0.6) is 0 Å². The molecule has 1 aromatic rings. The fourth-order valence-corrected chi connectivity index (χ4v) is 1.45. The molecule has 1 aromatic heterocycles. The van der Waals surface area contributed by atoms with Gasteiger partial charge in [-0.15, -0.1) is 0 Å². The first-order valence-corrected chi connectivity index (χ1v) is 5.18. The lowest BCUT2D eigenvalue weighted by Crippen LogP contribution is -2.40. The molecule has 84 valence electrons. The van der Waals surface area contributed by atoms with Gasteiger partial charge in [-0.05, 0) is 12.5 Å². The Morgan fingerprint density at radius 1 is 1.73 bits per heavy atom. The Morgan fingerprint density at radius 3 is 2.93 bits per heavy atom. The van der Waals surface area contributed by atoms with Crippen molar-refractivity contribution in [3.63, 3.8) is 0 Å². The Hall–Kier alpha value is -1.36. The molecule has 5 heteroatoms. The van der Waals surface area contributed by atoms with Crippen LogP contribution in [-0.4, -0.2) is 28.3 Å². The van der Waals surface area contributed by atoms with Crippen LogP contribution in [0.2, 0.25) is 0 Å². The summed E-state index contributed by atoms with van der Waals surface area (Å²) in [5, 5.41) is 6.83. The summed E-state index contributed by atoms with van der Waals surface area (Å²) < 4.78 is 1.55. The molecule has 0 saturated carbocycles. The largest absolute Gasteiger partial charge is 0.347 e. The molecular formula is C10H18N4O. The maximum absolute atomic E-state index is 11.7. The summed E-state index contributed by atoms with van der Waals surface area (Å²) in [5.41, 5.74) is 6.12. The number of hydrogen-bond acceptors (Lipinski definition) is 3. The van der Waals surface area contributed by atoms with Gasteiger partial charge in [0.2, 0.25) is 0 Å². The quantitative estimate of drug-likeness (QED) is 0.733. The normalized spacial score (nSPS) is 12.5. The number of hydrogen-bond donors (Lipinski definition) is 2. The van der Waals surface area contributed by atoms with Gasteiger partial charge in [0.1, 0.15) is 5.69 Å². The van der Waals surface area contributed by atoms with E-state index in [2.05, 4.69) is 17.3 Å². The molecule has 1 atom stereocenters. The molecule has 1 unspecified atom stereocenters. The summed E-state index contributed by atoms with van der Waals surface area (Å²) in [7, 11) is 1.74. The van der Waals surface area contributed by atoms with Crippen molar-refractivity contribution in [1.29, 1.82) is 0 Å². The lowest BCUT2D eigenvalue weighted by Gasteiger charge is -2.15. The Kier molecular flexibility index (Phi) is 4.30. The van der Waals surface area contributed by atoms with E-state index in [-0.39, 0.29) is 11.9 Å². The van der Waals surface area contributed by atoms with E-state index in [0.29, 0.717) is 12.2 Å². The van der Waals surface area contributed by atoms with Crippen molar-refractivity contribution in [1.82, 2.24) is 15.1 Å². The van der Waals surface area contributed by atoms with E-state index >= 15 is 0 Å². The minimum atomic E-state index is -0.112. The van der Waals surface area contributed by atoms with Crippen molar-refractivity contribution in [2.75, 3.05) is 6.54 Å². The van der Waals surface area contributed by atoms with E-state index in [9.17, 15) is 4.79 Å². The highest BCUT2D eigenvalue weighted by atomic mass is 16.2. The number of nitrogens with one attached hydrogen (secondary N) is 1. The highest BCUT2D eigenvalue weighted by molar-refractivity contribution is 5.92. The second kappa shape index (κ2) is 5.50. The lowest BCUT2D eigenvalue weighted by atomic mass is 10.1. The van der Waals surface area contributed by atoms with Crippen LogP contribution >= 0.6 is 0 Å². The molecule has 0 aliphatic carbocycles. The van der Waals surface area contributed by atoms with Crippen molar-refractivity contribution in [3.8, 4) is 0 Å². The molecule has 0 spiro atoms. The van der Waals surface area contributed by atoms with Gasteiger partial charge in [-0.25, -0.2) is 0 Å². The van der Waals surface area contributed by atoms with Crippen LogP contribution in [0.25, 0.3) is 0 Å². The maximum Gasteiger partial charge on any atom is 0.269 e. The molecule has 1 rings (SSSR count). The van der Waals surface area contributed by atoms with Gasteiger partial charge in [0.15, 0.2) is 0 Å². The number of nitrogens with two attached hydrogens (primary N) is 1. The first kappa shape index (κ1) is 11.7. The third kappa shape index (κ3) is 3.06. The number of amides is 1. The van der Waals surface area contributed by atoms with Crippen molar-refractivity contribution < 1.29 is 4.79 Å². The van der Waals surface area contributed by atoms with E-state index in [4.69, 9.17) is 5.73 Å². The van der Waals surface area contributed by atoms with Crippen LogP contribution in [0.3, 0.4) is 0 Å². The van der Waals surface area contributed by atoms with Crippen LogP contribution in [0.4, 0.5) is 0 Å². The molecule has 0 saturated heterocycles. The molecule has 15 heavy (non-hydrogen) atoms. The van der Waals surface area contributed by atoms with Gasteiger partial charge in [-0.3, -0.25) is 9.48 Å². The van der Waals surface area contributed by atoms with Crippen LogP contribution < -0.4 is 11.1 Å². The zero-order valence-corrected chi connectivity index (χ0v) is 9.23. The van der Waals surface area contributed by atoms with E-state index in [1.54, 1.807) is 24.0 Å². The first-order valence-electron chi connectivity index (χ1n) is 5.18. The fraction of sp³-hybridized carbons (Fsp3) is 0.600. The Morgan fingerprint density at radius 2 is 2.47 bits per heavy atom. The molecule has 0 aliphatic heterocycles. The molecule has 1 heterocycles. The van der Waals surface area contributed by atoms with E-state index < -0.39 is 0 Å². The summed E-state index contributed by atoms with van der Waals surface area (Å²) in [4.78, 5) is 11.7. The molecule has 3 N–H and O–H groups in total. The molecule has 0 aromatic carbocycles. The number of nitrogens with zero attached hydrogens (tertiary/aromatic N) is 2. The number of carbonyl (C=O) groups is 1. The second-order valence-electron chi connectivity index (χ2n) is 3.53. The zero-order valence-electron chi connectivity index (χ0n) is 9.23. The number of carbonyl (C=O) groups excluding carboxylic acids is 1. The first-order chi connectivity index (χ1) is 7.19. The second-order valence-corrected chi connectivity index (χ2v) is 3.53. The smallest absolute Gasteiger partial charge is 0.269 e. The van der Waals surface area contributed by atoms with E-state index in [0.717, 1.165) is 12.8 Å². The minimum Gasteiger partial charge on any atom is -0.347 e. The minimum absolute atomic E-state index is 0.0531.